The summed E-state index contributed by atoms with van der Waals surface area (Å²) in [5.41, 5.74) is 1.17. The molecule has 0 bridgehead atoms. The van der Waals surface area contributed by atoms with E-state index in [-0.39, 0.29) is 0 Å². The van der Waals surface area contributed by atoms with Gasteiger partial charge in [0, 0.05) is 29.0 Å². The Bertz CT molecular complexity index is 642. The summed E-state index contributed by atoms with van der Waals surface area (Å²) < 4.78 is 0. The van der Waals surface area contributed by atoms with Gasteiger partial charge in [-0.3, -0.25) is 0 Å². The Morgan fingerprint density at radius 3 is 2.89 bits per heavy atom. The van der Waals surface area contributed by atoms with Crippen LogP contribution in [-0.4, -0.2) is 17.0 Å². The van der Waals surface area contributed by atoms with Crippen molar-refractivity contribution < 1.29 is 0 Å². The monoisotopic (exact) mass is 255 g/mol. The number of H-pyrrole nitrogens is 1. The van der Waals surface area contributed by atoms with Gasteiger partial charge in [0.25, 0.3) is 0 Å². The van der Waals surface area contributed by atoms with Crippen molar-refractivity contribution in [1.29, 1.82) is 0 Å². The zero-order chi connectivity index (χ0) is 12.4. The van der Waals surface area contributed by atoms with E-state index < -0.39 is 0 Å². The number of benzene rings is 1. The lowest BCUT2D eigenvalue weighted by Gasteiger charge is -2.01. The molecule has 0 unspecified atom stereocenters. The van der Waals surface area contributed by atoms with E-state index in [2.05, 4.69) is 39.6 Å². The Labute approximate surface area is 110 Å². The normalized spacial score (nSPS) is 10.7. The molecular weight excluding hydrogens is 242 g/mol. The van der Waals surface area contributed by atoms with Crippen molar-refractivity contribution in [2.75, 3.05) is 12.4 Å². The Balaban J connectivity index is 1.91. The Morgan fingerprint density at radius 2 is 2.06 bits per heavy atom. The molecule has 1 aromatic carbocycles. The topological polar surface area (TPSA) is 40.7 Å². The highest BCUT2D eigenvalue weighted by atomic mass is 32.2. The smallest absolute Gasteiger partial charge is 0.126 e. The fraction of sp³-hybridized carbons (Fsp3) is 0.0714. The van der Waals surface area contributed by atoms with Crippen LogP contribution in [0, 0.1) is 0 Å². The number of rotatable bonds is 3. The third-order valence-electron chi connectivity index (χ3n) is 2.72. The zero-order valence-corrected chi connectivity index (χ0v) is 10.8. The van der Waals surface area contributed by atoms with Gasteiger partial charge in [-0.1, -0.05) is 30.0 Å². The first-order chi connectivity index (χ1) is 8.85. The molecule has 2 N–H and O–H groups in total. The molecule has 18 heavy (non-hydrogen) atoms. The van der Waals surface area contributed by atoms with Gasteiger partial charge in [0.15, 0.2) is 0 Å². The second-order valence-electron chi connectivity index (χ2n) is 3.95. The molecule has 0 spiro atoms. The van der Waals surface area contributed by atoms with E-state index in [1.54, 1.807) is 11.8 Å². The van der Waals surface area contributed by atoms with Crippen molar-refractivity contribution in [3.63, 3.8) is 0 Å². The molecule has 0 saturated carbocycles. The molecule has 4 heteroatoms. The van der Waals surface area contributed by atoms with Crippen LogP contribution in [0.5, 0.6) is 0 Å². The minimum absolute atomic E-state index is 0.885. The summed E-state index contributed by atoms with van der Waals surface area (Å²) in [6.45, 7) is 0. The van der Waals surface area contributed by atoms with Crippen LogP contribution in [0.2, 0.25) is 0 Å². The number of fused-ring (bicyclic) bond motifs is 1. The molecule has 2 aromatic heterocycles. The van der Waals surface area contributed by atoms with E-state index in [0.717, 1.165) is 10.8 Å². The molecule has 0 aliphatic carbocycles. The second kappa shape index (κ2) is 4.74. The van der Waals surface area contributed by atoms with Crippen molar-refractivity contribution in [1.82, 2.24) is 9.97 Å². The second-order valence-corrected chi connectivity index (χ2v) is 5.07. The number of aromatic nitrogens is 2. The van der Waals surface area contributed by atoms with Crippen LogP contribution >= 0.6 is 11.8 Å². The number of hydrogen-bond donors (Lipinski definition) is 2. The highest BCUT2D eigenvalue weighted by Crippen LogP contribution is 2.30. The molecule has 0 aliphatic heterocycles. The molecule has 3 aromatic rings. The van der Waals surface area contributed by atoms with Crippen LogP contribution in [0.15, 0.2) is 58.6 Å². The molecule has 0 fully saturated rings. The molecule has 0 aliphatic rings. The van der Waals surface area contributed by atoms with E-state index in [1.807, 2.05) is 31.4 Å². The average molecular weight is 255 g/mol. The fourth-order valence-corrected chi connectivity index (χ4v) is 2.74. The summed E-state index contributed by atoms with van der Waals surface area (Å²) >= 11 is 1.71. The summed E-state index contributed by atoms with van der Waals surface area (Å²) in [5, 5.41) is 5.43. The highest BCUT2D eigenvalue weighted by Gasteiger charge is 2.03. The van der Waals surface area contributed by atoms with Gasteiger partial charge < -0.3 is 10.3 Å². The summed E-state index contributed by atoms with van der Waals surface area (Å²) in [4.78, 5) is 8.78. The van der Waals surface area contributed by atoms with Gasteiger partial charge >= 0.3 is 0 Å². The zero-order valence-electron chi connectivity index (χ0n) is 9.97. The van der Waals surface area contributed by atoms with Crippen LogP contribution in [0.1, 0.15) is 0 Å². The first kappa shape index (κ1) is 11.2. The van der Waals surface area contributed by atoms with Gasteiger partial charge in [-0.05, 0) is 24.3 Å². The van der Waals surface area contributed by atoms with Crippen molar-refractivity contribution in [2.24, 2.45) is 0 Å². The Hall–Kier alpha value is -1.94. The molecule has 3 nitrogen and oxygen atoms in total. The number of aromatic amines is 1. The number of para-hydroxylation sites is 1. The largest absolute Gasteiger partial charge is 0.373 e. The van der Waals surface area contributed by atoms with Gasteiger partial charge in [0.2, 0.25) is 0 Å². The third-order valence-corrected chi connectivity index (χ3v) is 3.65. The minimum atomic E-state index is 0.885. The van der Waals surface area contributed by atoms with Gasteiger partial charge in [-0.2, -0.15) is 0 Å². The highest BCUT2D eigenvalue weighted by molar-refractivity contribution is 7.99. The predicted octanol–water partition coefficient (Wildman–Crippen LogP) is 3.76. The number of pyridine rings is 1. The third kappa shape index (κ3) is 2.19. The van der Waals surface area contributed by atoms with Crippen LogP contribution in [0.4, 0.5) is 5.82 Å². The van der Waals surface area contributed by atoms with E-state index >= 15 is 0 Å². The molecule has 3 rings (SSSR count). The number of nitrogens with zero attached hydrogens (tertiary/aromatic N) is 1. The molecule has 0 amide bonds. The Kier molecular flexibility index (Phi) is 2.94. The van der Waals surface area contributed by atoms with Crippen molar-refractivity contribution >= 4 is 28.5 Å². The van der Waals surface area contributed by atoms with Gasteiger partial charge in [-0.15, -0.1) is 0 Å². The maximum absolute atomic E-state index is 4.21. The van der Waals surface area contributed by atoms with Crippen LogP contribution in [0.3, 0.4) is 0 Å². The lowest BCUT2D eigenvalue weighted by Crippen LogP contribution is -1.90. The van der Waals surface area contributed by atoms with Crippen molar-refractivity contribution in [3.8, 4) is 0 Å². The first-order valence-electron chi connectivity index (χ1n) is 5.74. The average Bonchev–Trinajstić information content (AvgIpc) is 2.81. The van der Waals surface area contributed by atoms with Crippen LogP contribution < -0.4 is 5.32 Å². The van der Waals surface area contributed by atoms with Crippen LogP contribution in [-0.2, 0) is 0 Å². The Morgan fingerprint density at radius 1 is 1.17 bits per heavy atom. The fourth-order valence-electron chi connectivity index (χ4n) is 1.84. The van der Waals surface area contributed by atoms with E-state index in [4.69, 9.17) is 0 Å². The summed E-state index contributed by atoms with van der Waals surface area (Å²) in [6.07, 6.45) is 1.82. The van der Waals surface area contributed by atoms with E-state index in [0.29, 0.717) is 0 Å². The van der Waals surface area contributed by atoms with Crippen LogP contribution in [0.25, 0.3) is 10.9 Å². The summed E-state index contributed by atoms with van der Waals surface area (Å²) in [6, 6.07) is 14.5. The van der Waals surface area contributed by atoms with Crippen molar-refractivity contribution in [3.05, 3.63) is 48.7 Å². The quantitative estimate of drug-likeness (QED) is 0.748. The molecule has 90 valence electrons. The number of anilines is 1. The molecule has 2 heterocycles. The number of hydrogen-bond acceptors (Lipinski definition) is 3. The van der Waals surface area contributed by atoms with Crippen molar-refractivity contribution in [2.45, 2.75) is 9.92 Å². The van der Waals surface area contributed by atoms with Gasteiger partial charge in [-0.25, -0.2) is 4.98 Å². The van der Waals surface area contributed by atoms with Gasteiger partial charge in [0.05, 0.1) is 5.03 Å². The molecule has 0 atom stereocenters. The first-order valence-corrected chi connectivity index (χ1v) is 6.56. The lowest BCUT2D eigenvalue weighted by atomic mass is 10.3. The van der Waals surface area contributed by atoms with E-state index in [9.17, 15) is 0 Å². The standard InChI is InChI=1S/C14H13N3S/c1-15-13-9-11(6-7-16-13)18-14-8-10-4-2-3-5-12(10)17-14/h2-9,17H,1H3,(H,15,16). The number of nitrogens with one attached hydrogen (secondary N) is 2. The molecule has 0 radical (unpaired) electrons. The van der Waals surface area contributed by atoms with E-state index in [1.165, 1.54) is 15.8 Å². The lowest BCUT2D eigenvalue weighted by molar-refractivity contribution is 1.21. The predicted molar refractivity (Wildman–Crippen MR) is 76.2 cm³/mol. The molecule has 0 saturated heterocycles. The minimum Gasteiger partial charge on any atom is -0.373 e. The molecular formula is C14H13N3S. The SMILES string of the molecule is CNc1cc(Sc2cc3ccccc3[nH]2)ccn1. The van der Waals surface area contributed by atoms with Gasteiger partial charge in [0.1, 0.15) is 5.82 Å². The maximum atomic E-state index is 4.21. The summed E-state index contributed by atoms with van der Waals surface area (Å²) in [7, 11) is 1.87. The maximum Gasteiger partial charge on any atom is 0.126 e. The summed E-state index contributed by atoms with van der Waals surface area (Å²) in [5.74, 6) is 0.885.